The van der Waals surface area contributed by atoms with Gasteiger partial charge in [0, 0.05) is 13.0 Å². The van der Waals surface area contributed by atoms with Crippen LogP contribution < -0.4 is 5.43 Å². The van der Waals surface area contributed by atoms with Crippen molar-refractivity contribution in [3.63, 3.8) is 0 Å². The van der Waals surface area contributed by atoms with Crippen molar-refractivity contribution in [3.8, 4) is 0 Å². The Morgan fingerprint density at radius 1 is 1.12 bits per heavy atom. The Balaban J connectivity index is 1.86. The molecule has 1 N–H and O–H groups in total. The van der Waals surface area contributed by atoms with Gasteiger partial charge in [-0.15, -0.1) is 0 Å². The van der Waals surface area contributed by atoms with Crippen LogP contribution in [0.3, 0.4) is 0 Å². The van der Waals surface area contributed by atoms with E-state index in [-0.39, 0.29) is 0 Å². The molecule has 0 aliphatic carbocycles. The minimum absolute atomic E-state index is 0.934. The number of rotatable bonds is 2. The zero-order chi connectivity index (χ0) is 11.1. The van der Waals surface area contributed by atoms with Crippen molar-refractivity contribution in [2.75, 3.05) is 6.54 Å². The Labute approximate surface area is 96.3 Å². The smallest absolute Gasteiger partial charge is 0.117 e. The second-order valence-corrected chi connectivity index (χ2v) is 3.92. The SMILES string of the molecule is C(=NNC1=NCCCCC1)c1ccccc1. The maximum absolute atomic E-state index is 4.45. The highest BCUT2D eigenvalue weighted by Crippen LogP contribution is 2.05. The molecule has 2 rings (SSSR count). The second kappa shape index (κ2) is 6.05. The van der Waals surface area contributed by atoms with Crippen molar-refractivity contribution in [1.82, 2.24) is 5.43 Å². The number of aliphatic imine (C=N–C) groups is 1. The molecule has 0 bridgehead atoms. The van der Waals surface area contributed by atoms with E-state index >= 15 is 0 Å². The summed E-state index contributed by atoms with van der Waals surface area (Å²) in [6.07, 6.45) is 6.54. The molecule has 0 fully saturated rings. The van der Waals surface area contributed by atoms with Crippen molar-refractivity contribution in [3.05, 3.63) is 35.9 Å². The van der Waals surface area contributed by atoms with Gasteiger partial charge in [-0.1, -0.05) is 36.8 Å². The molecule has 0 atom stereocenters. The number of benzene rings is 1. The predicted molar refractivity (Wildman–Crippen MR) is 67.9 cm³/mol. The fraction of sp³-hybridized carbons (Fsp3) is 0.385. The standard InChI is InChI=1S/C13H17N3/c1-3-7-12(8-4-1)11-15-16-13-9-5-2-6-10-14-13/h1,3-4,7-8,11H,2,5-6,9-10H2,(H,14,16). The summed E-state index contributed by atoms with van der Waals surface area (Å²) < 4.78 is 0. The highest BCUT2D eigenvalue weighted by Gasteiger charge is 2.01. The summed E-state index contributed by atoms with van der Waals surface area (Å²) in [5.41, 5.74) is 4.13. The fourth-order valence-corrected chi connectivity index (χ4v) is 1.69. The van der Waals surface area contributed by atoms with Gasteiger partial charge in [-0.2, -0.15) is 5.10 Å². The van der Waals surface area contributed by atoms with Crippen molar-refractivity contribution in [1.29, 1.82) is 0 Å². The largest absolute Gasteiger partial charge is 0.271 e. The van der Waals surface area contributed by atoms with Gasteiger partial charge < -0.3 is 0 Å². The number of hydrazone groups is 1. The van der Waals surface area contributed by atoms with Crippen LogP contribution in [0.4, 0.5) is 0 Å². The van der Waals surface area contributed by atoms with Crippen LogP contribution in [0.25, 0.3) is 0 Å². The third kappa shape index (κ3) is 3.50. The summed E-state index contributed by atoms with van der Waals surface area (Å²) in [5.74, 6) is 1.02. The Morgan fingerprint density at radius 3 is 2.88 bits per heavy atom. The molecule has 0 saturated heterocycles. The Kier molecular flexibility index (Phi) is 4.11. The van der Waals surface area contributed by atoms with E-state index in [0.717, 1.165) is 24.4 Å². The predicted octanol–water partition coefficient (Wildman–Crippen LogP) is 2.58. The van der Waals surface area contributed by atoms with Gasteiger partial charge in [-0.3, -0.25) is 10.4 Å². The lowest BCUT2D eigenvalue weighted by Gasteiger charge is -2.01. The molecular weight excluding hydrogens is 198 g/mol. The maximum Gasteiger partial charge on any atom is 0.117 e. The molecule has 1 heterocycles. The maximum atomic E-state index is 4.45. The normalized spacial score (nSPS) is 16.9. The molecule has 1 aliphatic rings. The first kappa shape index (κ1) is 10.9. The molecule has 3 heteroatoms. The summed E-state index contributed by atoms with van der Waals surface area (Å²) in [5, 5.41) is 4.20. The molecule has 16 heavy (non-hydrogen) atoms. The first-order valence-corrected chi connectivity index (χ1v) is 5.82. The van der Waals surface area contributed by atoms with E-state index in [9.17, 15) is 0 Å². The summed E-state index contributed by atoms with van der Waals surface area (Å²) >= 11 is 0. The van der Waals surface area contributed by atoms with Gasteiger partial charge in [0.05, 0.1) is 6.21 Å². The molecule has 1 aliphatic heterocycles. The van der Waals surface area contributed by atoms with Crippen LogP contribution in [0, 0.1) is 0 Å². The van der Waals surface area contributed by atoms with E-state index in [1.807, 2.05) is 36.5 Å². The molecule has 0 radical (unpaired) electrons. The van der Waals surface area contributed by atoms with Gasteiger partial charge in [0.15, 0.2) is 0 Å². The van der Waals surface area contributed by atoms with Gasteiger partial charge in [-0.25, -0.2) is 0 Å². The van der Waals surface area contributed by atoms with E-state index < -0.39 is 0 Å². The van der Waals surface area contributed by atoms with E-state index in [4.69, 9.17) is 0 Å². The third-order valence-electron chi connectivity index (χ3n) is 2.58. The topological polar surface area (TPSA) is 36.8 Å². The molecule has 3 nitrogen and oxygen atoms in total. The minimum Gasteiger partial charge on any atom is -0.271 e. The number of amidine groups is 1. The lowest BCUT2D eigenvalue weighted by molar-refractivity contribution is 0.729. The minimum atomic E-state index is 0.934. The number of hydrogen-bond donors (Lipinski definition) is 1. The van der Waals surface area contributed by atoms with Crippen LogP contribution >= 0.6 is 0 Å². The zero-order valence-electron chi connectivity index (χ0n) is 9.39. The third-order valence-corrected chi connectivity index (χ3v) is 2.58. The average molecular weight is 215 g/mol. The van der Waals surface area contributed by atoms with Crippen LogP contribution in [0.15, 0.2) is 40.4 Å². The first-order chi connectivity index (χ1) is 7.95. The van der Waals surface area contributed by atoms with Gasteiger partial charge in [-0.05, 0) is 18.4 Å². The Morgan fingerprint density at radius 2 is 2.00 bits per heavy atom. The van der Waals surface area contributed by atoms with E-state index in [0.29, 0.717) is 0 Å². The van der Waals surface area contributed by atoms with Crippen LogP contribution in [0.5, 0.6) is 0 Å². The van der Waals surface area contributed by atoms with Crippen LogP contribution in [-0.4, -0.2) is 18.6 Å². The van der Waals surface area contributed by atoms with Gasteiger partial charge in [0.2, 0.25) is 0 Å². The van der Waals surface area contributed by atoms with E-state index in [1.165, 1.54) is 19.3 Å². The van der Waals surface area contributed by atoms with Crippen molar-refractivity contribution < 1.29 is 0 Å². The molecule has 0 unspecified atom stereocenters. The molecule has 1 aromatic rings. The van der Waals surface area contributed by atoms with Gasteiger partial charge >= 0.3 is 0 Å². The number of nitrogens with one attached hydrogen (secondary N) is 1. The average Bonchev–Trinajstić information content (AvgIpc) is 2.59. The van der Waals surface area contributed by atoms with Gasteiger partial charge in [0.25, 0.3) is 0 Å². The molecule has 0 spiro atoms. The molecule has 0 saturated carbocycles. The Bertz CT molecular complexity index is 368. The highest BCUT2D eigenvalue weighted by atomic mass is 15.3. The van der Waals surface area contributed by atoms with E-state index in [1.54, 1.807) is 0 Å². The summed E-state index contributed by atoms with van der Waals surface area (Å²) in [6.45, 7) is 0.934. The summed E-state index contributed by atoms with van der Waals surface area (Å²) in [4.78, 5) is 4.45. The number of nitrogens with zero attached hydrogens (tertiary/aromatic N) is 2. The molecule has 84 valence electrons. The van der Waals surface area contributed by atoms with Gasteiger partial charge in [0.1, 0.15) is 5.84 Å². The lowest BCUT2D eigenvalue weighted by atomic mass is 10.2. The van der Waals surface area contributed by atoms with Crippen molar-refractivity contribution in [2.24, 2.45) is 10.1 Å². The van der Waals surface area contributed by atoms with Crippen molar-refractivity contribution >= 4 is 12.1 Å². The zero-order valence-corrected chi connectivity index (χ0v) is 9.39. The molecule has 0 aromatic heterocycles. The number of hydrogen-bond acceptors (Lipinski definition) is 3. The molecule has 0 amide bonds. The highest BCUT2D eigenvalue weighted by molar-refractivity contribution is 5.85. The van der Waals surface area contributed by atoms with Crippen molar-refractivity contribution in [2.45, 2.75) is 25.7 Å². The molecular formula is C13H17N3. The van der Waals surface area contributed by atoms with Crippen LogP contribution in [-0.2, 0) is 0 Å². The molecule has 1 aromatic carbocycles. The summed E-state index contributed by atoms with van der Waals surface area (Å²) in [7, 11) is 0. The fourth-order valence-electron chi connectivity index (χ4n) is 1.69. The Hall–Kier alpha value is -1.64. The quantitative estimate of drug-likeness (QED) is 0.597. The van der Waals surface area contributed by atoms with Crippen LogP contribution in [0.2, 0.25) is 0 Å². The van der Waals surface area contributed by atoms with E-state index in [2.05, 4.69) is 15.5 Å². The second-order valence-electron chi connectivity index (χ2n) is 3.92. The summed E-state index contributed by atoms with van der Waals surface area (Å²) in [6, 6.07) is 10.1. The monoisotopic (exact) mass is 215 g/mol. The van der Waals surface area contributed by atoms with Crippen LogP contribution in [0.1, 0.15) is 31.2 Å². The lowest BCUT2D eigenvalue weighted by Crippen LogP contribution is -2.17. The first-order valence-electron chi connectivity index (χ1n) is 5.82.